The molecule has 0 atom stereocenters. The van der Waals surface area contributed by atoms with E-state index in [0.29, 0.717) is 16.3 Å². The average molecular weight is 442 g/mol. The molecule has 6 nitrogen and oxygen atoms in total. The number of nitrogens with zero attached hydrogens (tertiary/aromatic N) is 2. The molecule has 1 N–H and O–H groups in total. The van der Waals surface area contributed by atoms with Gasteiger partial charge in [-0.1, -0.05) is 54.1 Å². The molecule has 0 aliphatic rings. The van der Waals surface area contributed by atoms with Gasteiger partial charge in [-0.15, -0.1) is 0 Å². The number of hydrogen-bond acceptors (Lipinski definition) is 4. The Morgan fingerprint density at radius 2 is 1.73 bits per heavy atom. The quantitative estimate of drug-likeness (QED) is 0.443. The molecule has 0 saturated heterocycles. The lowest BCUT2D eigenvalue weighted by Crippen LogP contribution is -2.29. The Bertz CT molecular complexity index is 1150. The fourth-order valence-corrected chi connectivity index (χ4v) is 3.83. The third kappa shape index (κ3) is 5.92. The highest BCUT2D eigenvalue weighted by atomic mass is 35.5. The van der Waals surface area contributed by atoms with E-state index in [1.54, 1.807) is 42.5 Å². The summed E-state index contributed by atoms with van der Waals surface area (Å²) >= 11 is 5.91. The van der Waals surface area contributed by atoms with Crippen LogP contribution in [0.4, 0.5) is 5.69 Å². The van der Waals surface area contributed by atoms with E-state index in [9.17, 15) is 13.2 Å². The van der Waals surface area contributed by atoms with Gasteiger partial charge in [0.15, 0.2) is 0 Å². The molecule has 0 saturated carbocycles. The maximum absolute atomic E-state index is 12.3. The standard InChI is InChI=1S/C22H20ClN3O3S/c1-30(28,29)26(16-17-6-3-2-4-7-17)21-12-10-19(11-13-21)22(27)25-24-15-18-8-5-9-20(23)14-18/h2-15H,16H2,1H3,(H,25,27)/b24-15-. The summed E-state index contributed by atoms with van der Waals surface area (Å²) in [5, 5.41) is 4.50. The van der Waals surface area contributed by atoms with Crippen molar-refractivity contribution in [1.29, 1.82) is 0 Å². The molecule has 3 rings (SSSR count). The van der Waals surface area contributed by atoms with Gasteiger partial charge in [0, 0.05) is 10.6 Å². The van der Waals surface area contributed by atoms with Crippen molar-refractivity contribution >= 4 is 39.4 Å². The number of halogens is 1. The van der Waals surface area contributed by atoms with E-state index in [4.69, 9.17) is 11.6 Å². The molecule has 0 fully saturated rings. The first-order valence-electron chi connectivity index (χ1n) is 9.03. The van der Waals surface area contributed by atoms with Crippen LogP contribution in [0.15, 0.2) is 84.0 Å². The summed E-state index contributed by atoms with van der Waals surface area (Å²) in [4.78, 5) is 12.3. The van der Waals surface area contributed by atoms with Crippen molar-refractivity contribution in [2.24, 2.45) is 5.10 Å². The predicted octanol–water partition coefficient (Wildman–Crippen LogP) is 4.07. The summed E-state index contributed by atoms with van der Waals surface area (Å²) in [6, 6.07) is 22.7. The number of amides is 1. The molecule has 154 valence electrons. The first-order valence-corrected chi connectivity index (χ1v) is 11.3. The van der Waals surface area contributed by atoms with Crippen LogP contribution in [0, 0.1) is 0 Å². The summed E-state index contributed by atoms with van der Waals surface area (Å²) in [6.07, 6.45) is 2.64. The van der Waals surface area contributed by atoms with Crippen LogP contribution in [-0.4, -0.2) is 26.8 Å². The minimum atomic E-state index is -3.50. The Hall–Kier alpha value is -3.16. The van der Waals surface area contributed by atoms with Gasteiger partial charge < -0.3 is 0 Å². The SMILES string of the molecule is CS(=O)(=O)N(Cc1ccccc1)c1ccc(C(=O)N/N=C\c2cccc(Cl)c2)cc1. The minimum Gasteiger partial charge on any atom is -0.267 e. The lowest BCUT2D eigenvalue weighted by molar-refractivity contribution is 0.0955. The topological polar surface area (TPSA) is 78.8 Å². The van der Waals surface area contributed by atoms with Gasteiger partial charge in [-0.25, -0.2) is 13.8 Å². The predicted molar refractivity (Wildman–Crippen MR) is 120 cm³/mol. The number of rotatable bonds is 7. The van der Waals surface area contributed by atoms with Gasteiger partial charge in [-0.05, 0) is 47.5 Å². The normalized spacial score (nSPS) is 11.4. The van der Waals surface area contributed by atoms with Crippen LogP contribution in [0.5, 0.6) is 0 Å². The molecule has 8 heteroatoms. The molecule has 3 aromatic rings. The third-order valence-corrected chi connectivity index (χ3v) is 5.59. The second-order valence-corrected chi connectivity index (χ2v) is 8.90. The van der Waals surface area contributed by atoms with Crippen LogP contribution in [0.3, 0.4) is 0 Å². The zero-order valence-electron chi connectivity index (χ0n) is 16.2. The van der Waals surface area contributed by atoms with E-state index in [-0.39, 0.29) is 6.54 Å². The molecule has 0 radical (unpaired) electrons. The van der Waals surface area contributed by atoms with Crippen molar-refractivity contribution in [2.75, 3.05) is 10.6 Å². The van der Waals surface area contributed by atoms with E-state index >= 15 is 0 Å². The van der Waals surface area contributed by atoms with E-state index in [2.05, 4.69) is 10.5 Å². The monoisotopic (exact) mass is 441 g/mol. The number of anilines is 1. The van der Waals surface area contributed by atoms with Gasteiger partial charge in [-0.2, -0.15) is 5.10 Å². The van der Waals surface area contributed by atoms with Crippen LogP contribution in [0.1, 0.15) is 21.5 Å². The molecular weight excluding hydrogens is 422 g/mol. The lowest BCUT2D eigenvalue weighted by atomic mass is 10.2. The number of carbonyl (C=O) groups is 1. The maximum Gasteiger partial charge on any atom is 0.271 e. The number of nitrogens with one attached hydrogen (secondary N) is 1. The second-order valence-electron chi connectivity index (χ2n) is 6.56. The van der Waals surface area contributed by atoms with Crippen molar-refractivity contribution in [3.63, 3.8) is 0 Å². The zero-order valence-corrected chi connectivity index (χ0v) is 17.8. The summed E-state index contributed by atoms with van der Waals surface area (Å²) in [6.45, 7) is 0.204. The highest BCUT2D eigenvalue weighted by Gasteiger charge is 2.18. The highest BCUT2D eigenvalue weighted by molar-refractivity contribution is 7.92. The van der Waals surface area contributed by atoms with Gasteiger partial charge in [0.1, 0.15) is 0 Å². The van der Waals surface area contributed by atoms with Crippen LogP contribution in [0.25, 0.3) is 0 Å². The molecule has 3 aromatic carbocycles. The first-order chi connectivity index (χ1) is 14.3. The number of hydrazone groups is 1. The number of carbonyl (C=O) groups excluding carboxylic acids is 1. The molecule has 0 spiro atoms. The van der Waals surface area contributed by atoms with Crippen LogP contribution >= 0.6 is 11.6 Å². The lowest BCUT2D eigenvalue weighted by Gasteiger charge is -2.22. The summed E-state index contributed by atoms with van der Waals surface area (Å²) in [5.74, 6) is -0.409. The fourth-order valence-electron chi connectivity index (χ4n) is 2.75. The summed E-state index contributed by atoms with van der Waals surface area (Å²) in [7, 11) is -3.50. The van der Waals surface area contributed by atoms with Crippen molar-refractivity contribution in [1.82, 2.24) is 5.43 Å². The molecule has 0 bridgehead atoms. The highest BCUT2D eigenvalue weighted by Crippen LogP contribution is 2.21. The van der Waals surface area contributed by atoms with Crippen molar-refractivity contribution < 1.29 is 13.2 Å². The molecule has 0 aliphatic heterocycles. The van der Waals surface area contributed by atoms with E-state index in [1.807, 2.05) is 36.4 Å². The molecule has 30 heavy (non-hydrogen) atoms. The fraction of sp³-hybridized carbons (Fsp3) is 0.0909. The van der Waals surface area contributed by atoms with Crippen molar-refractivity contribution in [2.45, 2.75) is 6.54 Å². The smallest absolute Gasteiger partial charge is 0.267 e. The Morgan fingerprint density at radius 3 is 2.37 bits per heavy atom. The van der Waals surface area contributed by atoms with Gasteiger partial charge >= 0.3 is 0 Å². The minimum absolute atomic E-state index is 0.204. The van der Waals surface area contributed by atoms with Gasteiger partial charge in [0.2, 0.25) is 10.0 Å². The van der Waals surface area contributed by atoms with Gasteiger partial charge in [0.05, 0.1) is 24.7 Å². The third-order valence-electron chi connectivity index (χ3n) is 4.22. The summed E-state index contributed by atoms with van der Waals surface area (Å²) < 4.78 is 25.8. The van der Waals surface area contributed by atoms with Gasteiger partial charge in [0.25, 0.3) is 5.91 Å². The zero-order chi connectivity index (χ0) is 21.6. The number of benzene rings is 3. The first kappa shape index (κ1) is 21.5. The molecule has 1 amide bonds. The Balaban J connectivity index is 1.71. The molecular formula is C22H20ClN3O3S. The largest absolute Gasteiger partial charge is 0.271 e. The van der Waals surface area contributed by atoms with Crippen LogP contribution < -0.4 is 9.73 Å². The average Bonchev–Trinajstić information content (AvgIpc) is 2.72. The maximum atomic E-state index is 12.3. The van der Waals surface area contributed by atoms with E-state index < -0.39 is 15.9 Å². The van der Waals surface area contributed by atoms with Crippen LogP contribution in [-0.2, 0) is 16.6 Å². The molecule has 0 unspecified atom stereocenters. The summed E-state index contributed by atoms with van der Waals surface area (Å²) in [5.41, 5.74) is 4.88. The van der Waals surface area contributed by atoms with E-state index in [0.717, 1.165) is 17.4 Å². The number of hydrogen-bond donors (Lipinski definition) is 1. The van der Waals surface area contributed by atoms with Gasteiger partial charge in [-0.3, -0.25) is 9.10 Å². The van der Waals surface area contributed by atoms with Crippen molar-refractivity contribution in [3.8, 4) is 0 Å². The van der Waals surface area contributed by atoms with Crippen molar-refractivity contribution in [3.05, 3.63) is 101 Å². The molecule has 0 aliphatic carbocycles. The Morgan fingerprint density at radius 1 is 1.03 bits per heavy atom. The molecule has 0 aromatic heterocycles. The Labute approximate surface area is 180 Å². The second kappa shape index (κ2) is 9.56. The molecule has 0 heterocycles. The number of sulfonamides is 1. The Kier molecular flexibility index (Phi) is 6.87. The van der Waals surface area contributed by atoms with Crippen LogP contribution in [0.2, 0.25) is 5.02 Å². The van der Waals surface area contributed by atoms with E-state index in [1.165, 1.54) is 10.5 Å².